The largest absolute Gasteiger partial charge is 0.451 e. The Morgan fingerprint density at radius 3 is 2.40 bits per heavy atom. The molecule has 20 heavy (non-hydrogen) atoms. The number of halogens is 5. The number of pyridine rings is 1. The van der Waals surface area contributed by atoms with E-state index in [4.69, 9.17) is 11.6 Å². The molecule has 0 N–H and O–H groups in total. The Morgan fingerprint density at radius 1 is 1.15 bits per heavy atom. The van der Waals surface area contributed by atoms with Crippen molar-refractivity contribution >= 4 is 11.6 Å². The Labute approximate surface area is 116 Å². The number of rotatable bonds is 1. The molecule has 0 spiro atoms. The lowest BCUT2D eigenvalue weighted by Gasteiger charge is -2.11. The lowest BCUT2D eigenvalue weighted by atomic mass is 10.1. The molecule has 0 bridgehead atoms. The molecule has 0 aliphatic carbocycles. The van der Waals surface area contributed by atoms with Gasteiger partial charge in [-0.25, -0.2) is 4.98 Å². The van der Waals surface area contributed by atoms with Crippen molar-refractivity contribution in [1.29, 1.82) is 0 Å². The molecule has 2 heterocycles. The predicted octanol–water partition coefficient (Wildman–Crippen LogP) is 3.97. The van der Waals surface area contributed by atoms with E-state index in [1.54, 1.807) is 6.92 Å². The van der Waals surface area contributed by atoms with Crippen molar-refractivity contribution in [3.05, 3.63) is 40.3 Å². The van der Waals surface area contributed by atoms with Gasteiger partial charge >= 0.3 is 6.18 Å². The SMILES string of the molecule is Cc1cc(-c2nc(C(F)(F)F)nc(F)c2C)c(Cl)cn1. The van der Waals surface area contributed by atoms with Gasteiger partial charge in [-0.05, 0) is 19.9 Å². The molecule has 106 valence electrons. The number of alkyl halides is 3. The van der Waals surface area contributed by atoms with Crippen LogP contribution in [-0.2, 0) is 6.18 Å². The molecule has 0 saturated carbocycles. The van der Waals surface area contributed by atoms with Gasteiger partial charge in [0.25, 0.3) is 0 Å². The van der Waals surface area contributed by atoms with Crippen LogP contribution in [0.5, 0.6) is 0 Å². The van der Waals surface area contributed by atoms with E-state index in [9.17, 15) is 17.6 Å². The lowest BCUT2D eigenvalue weighted by molar-refractivity contribution is -0.145. The maximum atomic E-state index is 13.6. The zero-order chi connectivity index (χ0) is 15.1. The number of hydrogen-bond donors (Lipinski definition) is 0. The molecule has 0 aromatic carbocycles. The topological polar surface area (TPSA) is 38.7 Å². The number of aryl methyl sites for hydroxylation is 1. The monoisotopic (exact) mass is 305 g/mol. The van der Waals surface area contributed by atoms with Crippen LogP contribution in [0.3, 0.4) is 0 Å². The third-order valence-electron chi connectivity index (χ3n) is 2.59. The second kappa shape index (κ2) is 4.97. The summed E-state index contributed by atoms with van der Waals surface area (Å²) >= 11 is 5.90. The Balaban J connectivity index is 2.73. The lowest BCUT2D eigenvalue weighted by Crippen LogP contribution is -2.14. The normalized spacial score (nSPS) is 11.8. The van der Waals surface area contributed by atoms with Crippen LogP contribution in [0.4, 0.5) is 17.6 Å². The van der Waals surface area contributed by atoms with Gasteiger partial charge in [-0.3, -0.25) is 4.98 Å². The fourth-order valence-corrected chi connectivity index (χ4v) is 1.80. The molecule has 0 amide bonds. The van der Waals surface area contributed by atoms with Crippen LogP contribution in [0.1, 0.15) is 17.1 Å². The molecule has 0 aliphatic rings. The third-order valence-corrected chi connectivity index (χ3v) is 2.89. The van der Waals surface area contributed by atoms with Crippen molar-refractivity contribution in [1.82, 2.24) is 15.0 Å². The first-order valence-corrected chi connectivity index (χ1v) is 5.82. The van der Waals surface area contributed by atoms with Gasteiger partial charge in [0.1, 0.15) is 0 Å². The fraction of sp³-hybridized carbons (Fsp3) is 0.250. The minimum Gasteiger partial charge on any atom is -0.260 e. The fourth-order valence-electron chi connectivity index (χ4n) is 1.60. The quantitative estimate of drug-likeness (QED) is 0.591. The summed E-state index contributed by atoms with van der Waals surface area (Å²) in [5.74, 6) is -2.77. The van der Waals surface area contributed by atoms with Crippen molar-refractivity contribution in [2.24, 2.45) is 0 Å². The van der Waals surface area contributed by atoms with Crippen LogP contribution >= 0.6 is 11.6 Å². The molecule has 0 saturated heterocycles. The number of aromatic nitrogens is 3. The molecule has 3 nitrogen and oxygen atoms in total. The highest BCUT2D eigenvalue weighted by molar-refractivity contribution is 6.33. The zero-order valence-electron chi connectivity index (χ0n) is 10.4. The van der Waals surface area contributed by atoms with E-state index in [2.05, 4.69) is 15.0 Å². The average Bonchev–Trinajstić information content (AvgIpc) is 2.34. The molecule has 0 aliphatic heterocycles. The maximum absolute atomic E-state index is 13.6. The van der Waals surface area contributed by atoms with E-state index in [1.807, 2.05) is 0 Å². The average molecular weight is 306 g/mol. The highest BCUT2D eigenvalue weighted by Gasteiger charge is 2.36. The first kappa shape index (κ1) is 14.6. The molecule has 8 heteroatoms. The molecular weight excluding hydrogens is 298 g/mol. The van der Waals surface area contributed by atoms with E-state index in [1.165, 1.54) is 19.2 Å². The Bertz CT molecular complexity index is 670. The van der Waals surface area contributed by atoms with Crippen molar-refractivity contribution in [3.63, 3.8) is 0 Å². The van der Waals surface area contributed by atoms with Gasteiger partial charge < -0.3 is 0 Å². The Morgan fingerprint density at radius 2 is 1.80 bits per heavy atom. The van der Waals surface area contributed by atoms with Crippen molar-refractivity contribution < 1.29 is 17.6 Å². The molecule has 0 unspecified atom stereocenters. The summed E-state index contributed by atoms with van der Waals surface area (Å²) in [6.07, 6.45) is -3.56. The Kier molecular flexibility index (Phi) is 3.64. The highest BCUT2D eigenvalue weighted by Crippen LogP contribution is 2.33. The summed E-state index contributed by atoms with van der Waals surface area (Å²) in [6.45, 7) is 2.92. The number of nitrogens with zero attached hydrogens (tertiary/aromatic N) is 3. The maximum Gasteiger partial charge on any atom is 0.451 e. The van der Waals surface area contributed by atoms with Crippen molar-refractivity contribution in [3.8, 4) is 11.3 Å². The smallest absolute Gasteiger partial charge is 0.260 e. The first-order valence-electron chi connectivity index (χ1n) is 5.44. The second-order valence-electron chi connectivity index (χ2n) is 4.11. The van der Waals surface area contributed by atoms with Crippen LogP contribution in [0.2, 0.25) is 5.02 Å². The summed E-state index contributed by atoms with van der Waals surface area (Å²) in [4.78, 5) is 10.1. The standard InChI is InChI=1S/C12H8ClF4N3/c1-5-3-7(8(13)4-18-5)9-6(2)10(14)20-11(19-9)12(15,16)17/h3-4H,1-2H3. The van der Waals surface area contributed by atoms with Crippen LogP contribution in [0, 0.1) is 19.8 Å². The summed E-state index contributed by atoms with van der Waals surface area (Å²) in [7, 11) is 0. The van der Waals surface area contributed by atoms with Gasteiger partial charge in [-0.2, -0.15) is 22.5 Å². The van der Waals surface area contributed by atoms with Crippen LogP contribution < -0.4 is 0 Å². The summed E-state index contributed by atoms with van der Waals surface area (Å²) in [5, 5.41) is 0.0879. The van der Waals surface area contributed by atoms with Gasteiger partial charge in [0, 0.05) is 23.0 Å². The van der Waals surface area contributed by atoms with E-state index in [-0.39, 0.29) is 21.8 Å². The first-order chi connectivity index (χ1) is 9.20. The van der Waals surface area contributed by atoms with E-state index in [0.29, 0.717) is 5.69 Å². The van der Waals surface area contributed by atoms with Gasteiger partial charge in [-0.15, -0.1) is 0 Å². The van der Waals surface area contributed by atoms with E-state index >= 15 is 0 Å². The van der Waals surface area contributed by atoms with E-state index < -0.39 is 17.9 Å². The minimum absolute atomic E-state index is 0.0879. The highest BCUT2D eigenvalue weighted by atomic mass is 35.5. The molecule has 2 rings (SSSR count). The second-order valence-corrected chi connectivity index (χ2v) is 4.52. The third kappa shape index (κ3) is 2.72. The van der Waals surface area contributed by atoms with Crippen LogP contribution in [0.15, 0.2) is 12.3 Å². The molecule has 2 aromatic heterocycles. The Hall–Kier alpha value is -1.76. The number of hydrogen-bond acceptors (Lipinski definition) is 3. The summed E-state index contributed by atoms with van der Waals surface area (Å²) < 4.78 is 51.5. The van der Waals surface area contributed by atoms with Gasteiger partial charge in [-0.1, -0.05) is 11.6 Å². The summed E-state index contributed by atoms with van der Waals surface area (Å²) in [6, 6.07) is 1.44. The zero-order valence-corrected chi connectivity index (χ0v) is 11.1. The van der Waals surface area contributed by atoms with Gasteiger partial charge in [0.15, 0.2) is 0 Å². The molecule has 0 fully saturated rings. The molecular formula is C12H8ClF4N3. The van der Waals surface area contributed by atoms with Crippen molar-refractivity contribution in [2.75, 3.05) is 0 Å². The molecule has 0 atom stereocenters. The molecule has 2 aromatic rings. The summed E-state index contributed by atoms with van der Waals surface area (Å²) in [5.41, 5.74) is 0.408. The van der Waals surface area contributed by atoms with Crippen molar-refractivity contribution in [2.45, 2.75) is 20.0 Å². The van der Waals surface area contributed by atoms with Crippen LogP contribution in [-0.4, -0.2) is 15.0 Å². The van der Waals surface area contributed by atoms with Crippen LogP contribution in [0.25, 0.3) is 11.3 Å². The predicted molar refractivity (Wildman–Crippen MR) is 64.7 cm³/mol. The molecule has 0 radical (unpaired) electrons. The minimum atomic E-state index is -4.84. The van der Waals surface area contributed by atoms with Gasteiger partial charge in [0.05, 0.1) is 10.7 Å². The van der Waals surface area contributed by atoms with Gasteiger partial charge in [0.2, 0.25) is 11.8 Å². The van der Waals surface area contributed by atoms with E-state index in [0.717, 1.165) is 0 Å².